The van der Waals surface area contributed by atoms with Gasteiger partial charge in [-0.2, -0.15) is 39.5 Å². The van der Waals surface area contributed by atoms with Crippen LogP contribution in [0.5, 0.6) is 5.75 Å². The number of rotatable bonds is 7. The Hall–Kier alpha value is -3.08. The molecule has 216 valence electrons. The predicted octanol–water partition coefficient (Wildman–Crippen LogP) is 4.49. The van der Waals surface area contributed by atoms with Crippen LogP contribution in [0.2, 0.25) is 0 Å². The number of benzene rings is 1. The largest absolute Gasteiger partial charge is 0.493 e. The number of fused-ring (bicyclic) bond motifs is 1. The van der Waals surface area contributed by atoms with E-state index in [0.717, 1.165) is 0 Å². The summed E-state index contributed by atoms with van der Waals surface area (Å²) < 4.78 is 125. The number of anilines is 1. The molecule has 38 heavy (non-hydrogen) atoms. The molecule has 1 aliphatic rings. The monoisotopic (exact) mass is 571 g/mol. The van der Waals surface area contributed by atoms with Crippen LogP contribution in [0.25, 0.3) is 0 Å². The van der Waals surface area contributed by atoms with E-state index in [1.807, 2.05) is 0 Å². The lowest BCUT2D eigenvalue weighted by atomic mass is 10.0. The van der Waals surface area contributed by atoms with Crippen LogP contribution in [0, 0.1) is 0 Å². The Morgan fingerprint density at radius 3 is 1.87 bits per heavy atom. The van der Waals surface area contributed by atoms with Gasteiger partial charge < -0.3 is 18.9 Å². The normalized spacial score (nSPS) is 13.6. The summed E-state index contributed by atoms with van der Waals surface area (Å²) in [7, 11) is 0. The first-order valence-electron chi connectivity index (χ1n) is 10.7. The fourth-order valence-corrected chi connectivity index (χ4v) is 2.94. The van der Waals surface area contributed by atoms with Crippen molar-refractivity contribution in [1.82, 2.24) is 0 Å². The van der Waals surface area contributed by atoms with Crippen molar-refractivity contribution in [2.45, 2.75) is 51.5 Å². The molecule has 1 aromatic carbocycles. The second-order valence-corrected chi connectivity index (χ2v) is 7.13. The molecule has 0 spiro atoms. The first-order chi connectivity index (χ1) is 17.4. The second kappa shape index (κ2) is 13.6. The summed E-state index contributed by atoms with van der Waals surface area (Å²) in [6, 6.07) is 4.76. The summed E-state index contributed by atoms with van der Waals surface area (Å²) in [5.41, 5.74) is 0.780. The zero-order valence-corrected chi connectivity index (χ0v) is 19.8. The Morgan fingerprint density at radius 1 is 0.895 bits per heavy atom. The molecule has 0 saturated carbocycles. The molecule has 17 heteroatoms. The zero-order chi connectivity index (χ0) is 29.3. The van der Waals surface area contributed by atoms with Crippen LogP contribution < -0.4 is 9.64 Å². The van der Waals surface area contributed by atoms with Crippen molar-refractivity contribution in [3.63, 3.8) is 0 Å². The van der Waals surface area contributed by atoms with E-state index in [-0.39, 0.29) is 25.4 Å². The van der Waals surface area contributed by atoms with Gasteiger partial charge in [-0.05, 0) is 38.8 Å². The molecule has 1 amide bonds. The second-order valence-electron chi connectivity index (χ2n) is 7.13. The fourth-order valence-electron chi connectivity index (χ4n) is 2.94. The van der Waals surface area contributed by atoms with Crippen LogP contribution in [-0.2, 0) is 35.0 Å². The minimum Gasteiger partial charge on any atom is -0.493 e. The number of halogens is 9. The maximum Gasteiger partial charge on any atom is 0.491 e. The van der Waals surface area contributed by atoms with E-state index in [2.05, 4.69) is 4.74 Å². The quantitative estimate of drug-likeness (QED) is 0.206. The number of alkyl halides is 9. The van der Waals surface area contributed by atoms with E-state index >= 15 is 0 Å². The number of nitrogens with zero attached hydrogens (tertiary/aromatic N) is 1. The highest BCUT2D eigenvalue weighted by molar-refractivity contribution is 5.98. The molecule has 0 bridgehead atoms. The molecule has 1 aliphatic heterocycles. The van der Waals surface area contributed by atoms with Crippen LogP contribution in [0.3, 0.4) is 0 Å². The van der Waals surface area contributed by atoms with Gasteiger partial charge in [-0.1, -0.05) is 6.07 Å². The molecule has 0 aromatic heterocycles. The molecule has 8 nitrogen and oxygen atoms in total. The Labute approximate surface area is 209 Å². The molecule has 0 fully saturated rings. The van der Waals surface area contributed by atoms with Crippen molar-refractivity contribution in [2.75, 3.05) is 31.3 Å². The van der Waals surface area contributed by atoms with Gasteiger partial charge in [-0.25, -0.2) is 9.59 Å². The highest BCUT2D eigenvalue weighted by Crippen LogP contribution is 2.35. The molecule has 1 aromatic rings. The van der Waals surface area contributed by atoms with Crippen molar-refractivity contribution in [2.24, 2.45) is 0 Å². The molecular formula is C21H22F9NO7. The van der Waals surface area contributed by atoms with Gasteiger partial charge in [0.2, 0.25) is 0 Å². The first kappa shape index (κ1) is 32.9. The standard InChI is InChI=1S/C17H22F3NO4.C4F6O3/c1-3-23-15(24-4-2)11-21(16(22)17(18,19)20)13-8-5-9-14-12(13)7-6-10-25-14;5-3(6,7)1(11)13-2(12)4(8,9)10/h5,8-9,15H,3-4,6-7,10-11H2,1-2H3;. The average Bonchev–Trinajstić information content (AvgIpc) is 2.80. The van der Waals surface area contributed by atoms with Crippen LogP contribution in [0.4, 0.5) is 45.2 Å². The van der Waals surface area contributed by atoms with E-state index in [1.165, 1.54) is 6.07 Å². The first-order valence-corrected chi connectivity index (χ1v) is 10.7. The predicted molar refractivity (Wildman–Crippen MR) is 109 cm³/mol. The van der Waals surface area contributed by atoms with Gasteiger partial charge in [0.25, 0.3) is 0 Å². The van der Waals surface area contributed by atoms with Crippen molar-refractivity contribution >= 4 is 23.5 Å². The summed E-state index contributed by atoms with van der Waals surface area (Å²) in [5, 5.41) is 0. The summed E-state index contributed by atoms with van der Waals surface area (Å²) in [6.07, 6.45) is -16.0. The Kier molecular flexibility index (Phi) is 11.8. The fraction of sp³-hybridized carbons (Fsp3) is 0.571. The van der Waals surface area contributed by atoms with Gasteiger partial charge in [0, 0.05) is 18.8 Å². The summed E-state index contributed by atoms with van der Waals surface area (Å²) in [4.78, 5) is 32.0. The van der Waals surface area contributed by atoms with Crippen molar-refractivity contribution in [1.29, 1.82) is 0 Å². The maximum atomic E-state index is 13.1. The lowest BCUT2D eigenvalue weighted by Crippen LogP contribution is -2.46. The molecule has 2 rings (SSSR count). The third-order valence-corrected chi connectivity index (χ3v) is 4.40. The van der Waals surface area contributed by atoms with Crippen molar-refractivity contribution in [3.05, 3.63) is 23.8 Å². The van der Waals surface area contributed by atoms with Gasteiger partial charge in [-0.3, -0.25) is 9.69 Å². The minimum atomic E-state index is -5.62. The Balaban J connectivity index is 0.000000471. The van der Waals surface area contributed by atoms with Crippen LogP contribution in [0.15, 0.2) is 18.2 Å². The van der Waals surface area contributed by atoms with E-state index in [0.29, 0.717) is 35.7 Å². The molecular weight excluding hydrogens is 549 g/mol. The van der Waals surface area contributed by atoms with E-state index in [9.17, 15) is 53.9 Å². The topological polar surface area (TPSA) is 91.4 Å². The minimum absolute atomic E-state index is 0.184. The van der Waals surface area contributed by atoms with E-state index in [1.54, 1.807) is 26.0 Å². The van der Waals surface area contributed by atoms with E-state index < -0.39 is 42.7 Å². The molecule has 1 heterocycles. The lowest BCUT2D eigenvalue weighted by molar-refractivity contribution is -0.221. The van der Waals surface area contributed by atoms with Crippen LogP contribution in [-0.4, -0.2) is 69.0 Å². The highest BCUT2D eigenvalue weighted by atomic mass is 19.4. The third kappa shape index (κ3) is 10.00. The third-order valence-electron chi connectivity index (χ3n) is 4.40. The molecule has 0 saturated heterocycles. The van der Waals surface area contributed by atoms with Gasteiger partial charge in [0.1, 0.15) is 5.75 Å². The maximum absolute atomic E-state index is 13.1. The highest BCUT2D eigenvalue weighted by Gasteiger charge is 2.49. The number of carbonyl (C=O) groups is 3. The number of carbonyl (C=O) groups excluding carboxylic acids is 3. The van der Waals surface area contributed by atoms with Gasteiger partial charge in [0.15, 0.2) is 6.29 Å². The average molecular weight is 571 g/mol. The molecule has 0 N–H and O–H groups in total. The molecule has 0 atom stereocenters. The molecule has 0 aliphatic carbocycles. The van der Waals surface area contributed by atoms with Gasteiger partial charge in [-0.15, -0.1) is 0 Å². The summed E-state index contributed by atoms with van der Waals surface area (Å²) in [6.45, 7) is 4.09. The number of hydrogen-bond donors (Lipinski definition) is 0. The smallest absolute Gasteiger partial charge is 0.491 e. The summed E-state index contributed by atoms with van der Waals surface area (Å²) >= 11 is 0. The number of esters is 2. The number of ether oxygens (including phenoxy) is 4. The van der Waals surface area contributed by atoms with Gasteiger partial charge >= 0.3 is 36.4 Å². The van der Waals surface area contributed by atoms with Crippen LogP contribution >= 0.6 is 0 Å². The SMILES string of the molecule is CCOC(CN(C(=O)C(F)(F)F)c1cccc2c1CCCO2)OCC.O=C(OC(=O)C(F)(F)F)C(F)(F)F. The Morgan fingerprint density at radius 2 is 1.42 bits per heavy atom. The molecule has 0 radical (unpaired) electrons. The Bertz CT molecular complexity index is 932. The van der Waals surface area contributed by atoms with Crippen molar-refractivity contribution < 1.29 is 72.8 Å². The summed E-state index contributed by atoms with van der Waals surface area (Å²) in [5.74, 6) is -7.84. The number of amides is 1. The molecule has 0 unspecified atom stereocenters. The van der Waals surface area contributed by atoms with Crippen LogP contribution in [0.1, 0.15) is 25.8 Å². The zero-order valence-electron chi connectivity index (χ0n) is 19.8. The van der Waals surface area contributed by atoms with Crippen molar-refractivity contribution in [3.8, 4) is 5.75 Å². The lowest BCUT2D eigenvalue weighted by Gasteiger charge is -2.31. The van der Waals surface area contributed by atoms with E-state index in [4.69, 9.17) is 14.2 Å². The number of hydrogen-bond acceptors (Lipinski definition) is 7. The van der Waals surface area contributed by atoms with Gasteiger partial charge in [0.05, 0.1) is 18.8 Å².